The fraction of sp³-hybridized carbons (Fsp3) is 0.240. The first-order valence-corrected chi connectivity index (χ1v) is 12.6. The van der Waals surface area contributed by atoms with E-state index in [0.29, 0.717) is 23.1 Å². The molecule has 0 saturated heterocycles. The average molecular weight is 482 g/mol. The van der Waals surface area contributed by atoms with Crippen molar-refractivity contribution in [3.05, 3.63) is 82.6 Å². The average Bonchev–Trinajstić information content (AvgIpc) is 3.21. The van der Waals surface area contributed by atoms with Crippen LogP contribution in [0.5, 0.6) is 0 Å². The molecule has 0 unspecified atom stereocenters. The van der Waals surface area contributed by atoms with Gasteiger partial charge in [0.15, 0.2) is 5.13 Å². The Morgan fingerprint density at radius 2 is 1.94 bits per heavy atom. The summed E-state index contributed by atoms with van der Waals surface area (Å²) in [5.41, 5.74) is 3.99. The number of carbonyl (C=O) groups is 1. The molecule has 4 rings (SSSR count). The summed E-state index contributed by atoms with van der Waals surface area (Å²) in [7, 11) is 0. The molecule has 2 aromatic carbocycles. The van der Waals surface area contributed by atoms with Crippen LogP contribution in [0.25, 0.3) is 10.2 Å². The normalized spacial score (nSPS) is 11.1. The number of thioether (sulfide) groups is 1. The third kappa shape index (κ3) is 5.68. The van der Waals surface area contributed by atoms with Gasteiger partial charge in [-0.1, -0.05) is 46.7 Å². The van der Waals surface area contributed by atoms with Crippen molar-refractivity contribution in [2.45, 2.75) is 38.1 Å². The zero-order chi connectivity index (χ0) is 22.5. The zero-order valence-electron chi connectivity index (χ0n) is 18.0. The molecule has 0 fully saturated rings. The van der Waals surface area contributed by atoms with Crippen LogP contribution in [0, 0.1) is 13.8 Å². The second kappa shape index (κ2) is 10.5. The van der Waals surface area contributed by atoms with Crippen molar-refractivity contribution in [3.8, 4) is 0 Å². The molecule has 0 N–H and O–H groups in total. The monoisotopic (exact) mass is 481 g/mol. The summed E-state index contributed by atoms with van der Waals surface area (Å²) in [6.07, 6.45) is 3.01. The highest BCUT2D eigenvalue weighted by Gasteiger charge is 2.21. The summed E-state index contributed by atoms with van der Waals surface area (Å²) < 4.78 is 0.985. The van der Waals surface area contributed by atoms with Crippen LogP contribution in [0.15, 0.2) is 65.7 Å². The predicted molar refractivity (Wildman–Crippen MR) is 136 cm³/mol. The van der Waals surface area contributed by atoms with E-state index in [4.69, 9.17) is 16.6 Å². The van der Waals surface area contributed by atoms with Crippen molar-refractivity contribution in [1.82, 2.24) is 9.97 Å². The quantitative estimate of drug-likeness (QED) is 0.199. The van der Waals surface area contributed by atoms with Crippen molar-refractivity contribution in [1.29, 1.82) is 0 Å². The first-order chi connectivity index (χ1) is 15.5. The minimum Gasteiger partial charge on any atom is -0.282 e. The molecule has 164 valence electrons. The fourth-order valence-electron chi connectivity index (χ4n) is 3.36. The number of fused-ring (bicyclic) bond motifs is 1. The number of pyridine rings is 1. The van der Waals surface area contributed by atoms with Gasteiger partial charge in [0.1, 0.15) is 0 Å². The lowest BCUT2D eigenvalue weighted by molar-refractivity contribution is -0.118. The highest BCUT2D eigenvalue weighted by Crippen LogP contribution is 2.34. The Balaban J connectivity index is 1.49. The number of anilines is 1. The Hall–Kier alpha value is -2.41. The molecule has 0 spiro atoms. The molecular weight excluding hydrogens is 458 g/mol. The number of hydrogen-bond donors (Lipinski definition) is 0. The van der Waals surface area contributed by atoms with Gasteiger partial charge >= 0.3 is 0 Å². The van der Waals surface area contributed by atoms with Gasteiger partial charge in [0.2, 0.25) is 5.91 Å². The number of amides is 1. The minimum absolute atomic E-state index is 0.0583. The Morgan fingerprint density at radius 1 is 1.12 bits per heavy atom. The van der Waals surface area contributed by atoms with Gasteiger partial charge in [0.05, 0.1) is 22.5 Å². The van der Waals surface area contributed by atoms with Crippen molar-refractivity contribution >= 4 is 56.0 Å². The molecule has 1 amide bonds. The third-order valence-electron chi connectivity index (χ3n) is 5.04. The number of carbonyl (C=O) groups excluding carboxylic acids is 1. The Bertz CT molecular complexity index is 1210. The van der Waals surface area contributed by atoms with Gasteiger partial charge in [0.25, 0.3) is 0 Å². The number of benzene rings is 2. The maximum absolute atomic E-state index is 13.3. The molecule has 0 aliphatic heterocycles. The molecule has 0 atom stereocenters. The number of hydrogen-bond acceptors (Lipinski definition) is 5. The predicted octanol–water partition coefficient (Wildman–Crippen LogP) is 7.07. The van der Waals surface area contributed by atoms with Crippen LogP contribution in [0.4, 0.5) is 5.13 Å². The summed E-state index contributed by atoms with van der Waals surface area (Å²) in [4.78, 5) is 25.5. The number of aromatic nitrogens is 2. The SMILES string of the molecule is Cc1ccc(SCCCC(=O)N(Cc2ccccn2)c2nc3c(C)cc(Cl)cc3s2)cc1. The molecule has 2 aromatic heterocycles. The van der Waals surface area contributed by atoms with Crippen LogP contribution >= 0.6 is 34.7 Å². The van der Waals surface area contributed by atoms with E-state index in [2.05, 4.69) is 36.2 Å². The number of nitrogens with zero attached hydrogens (tertiary/aromatic N) is 3. The molecule has 7 heteroatoms. The van der Waals surface area contributed by atoms with Crippen LogP contribution in [0.1, 0.15) is 29.7 Å². The summed E-state index contributed by atoms with van der Waals surface area (Å²) in [5.74, 6) is 0.948. The molecule has 0 radical (unpaired) electrons. The molecule has 32 heavy (non-hydrogen) atoms. The number of rotatable bonds is 8. The summed E-state index contributed by atoms with van der Waals surface area (Å²) >= 11 is 9.51. The lowest BCUT2D eigenvalue weighted by atomic mass is 10.2. The molecule has 0 aliphatic rings. The van der Waals surface area contributed by atoms with Crippen molar-refractivity contribution in [2.75, 3.05) is 10.7 Å². The van der Waals surface area contributed by atoms with E-state index in [-0.39, 0.29) is 5.91 Å². The largest absolute Gasteiger partial charge is 0.282 e. The molecule has 4 nitrogen and oxygen atoms in total. The van der Waals surface area contributed by atoms with E-state index in [1.54, 1.807) is 22.9 Å². The van der Waals surface area contributed by atoms with Crippen molar-refractivity contribution < 1.29 is 4.79 Å². The van der Waals surface area contributed by atoms with Crippen LogP contribution < -0.4 is 4.90 Å². The molecule has 0 bridgehead atoms. The number of aryl methyl sites for hydroxylation is 2. The Labute approximate surface area is 201 Å². The van der Waals surface area contributed by atoms with E-state index >= 15 is 0 Å². The summed E-state index contributed by atoms with van der Waals surface area (Å²) in [5, 5.41) is 1.37. The van der Waals surface area contributed by atoms with Gasteiger partial charge in [-0.25, -0.2) is 4.98 Å². The van der Waals surface area contributed by atoms with E-state index in [1.165, 1.54) is 21.8 Å². The van der Waals surface area contributed by atoms with Crippen LogP contribution in [0.3, 0.4) is 0 Å². The molecule has 0 aliphatic carbocycles. The van der Waals surface area contributed by atoms with Crippen molar-refractivity contribution in [3.63, 3.8) is 0 Å². The van der Waals surface area contributed by atoms with E-state index in [9.17, 15) is 4.79 Å². The standard InChI is InChI=1S/C25H24ClN3OS2/c1-17-8-10-21(11-9-17)31-13-5-7-23(30)29(16-20-6-3-4-12-27-20)25-28-24-18(2)14-19(26)15-22(24)32-25/h3-4,6,8-12,14-15H,5,7,13,16H2,1-2H3. The number of thiazole rings is 1. The van der Waals surface area contributed by atoms with Gasteiger partial charge in [-0.05, 0) is 68.0 Å². The smallest absolute Gasteiger partial charge is 0.229 e. The molecular formula is C25H24ClN3OS2. The van der Waals surface area contributed by atoms with Crippen molar-refractivity contribution in [2.24, 2.45) is 0 Å². The maximum atomic E-state index is 13.3. The van der Waals surface area contributed by atoms with Gasteiger partial charge in [-0.3, -0.25) is 14.7 Å². The van der Waals surface area contributed by atoms with Gasteiger partial charge in [0, 0.05) is 22.5 Å². The first-order valence-electron chi connectivity index (χ1n) is 10.5. The van der Waals surface area contributed by atoms with Crippen LogP contribution in [-0.2, 0) is 11.3 Å². The van der Waals surface area contributed by atoms with E-state index in [0.717, 1.165) is 33.6 Å². The third-order valence-corrected chi connectivity index (χ3v) is 7.38. The van der Waals surface area contributed by atoms with E-state index in [1.807, 2.05) is 37.3 Å². The second-order valence-corrected chi connectivity index (χ2v) is 10.2. The maximum Gasteiger partial charge on any atom is 0.229 e. The molecule has 0 saturated carbocycles. The number of halogens is 1. The summed E-state index contributed by atoms with van der Waals surface area (Å²) in [6, 6.07) is 18.0. The fourth-order valence-corrected chi connectivity index (χ4v) is 5.65. The van der Waals surface area contributed by atoms with Crippen LogP contribution in [-0.4, -0.2) is 21.6 Å². The Kier molecular flexibility index (Phi) is 7.45. The molecule has 4 aromatic rings. The zero-order valence-corrected chi connectivity index (χ0v) is 20.4. The topological polar surface area (TPSA) is 46.1 Å². The lowest BCUT2D eigenvalue weighted by Crippen LogP contribution is -2.30. The minimum atomic E-state index is 0.0583. The van der Waals surface area contributed by atoms with E-state index < -0.39 is 0 Å². The highest BCUT2D eigenvalue weighted by atomic mass is 35.5. The van der Waals surface area contributed by atoms with Crippen LogP contribution in [0.2, 0.25) is 5.02 Å². The summed E-state index contributed by atoms with van der Waals surface area (Å²) in [6.45, 7) is 4.48. The van der Waals surface area contributed by atoms with Gasteiger partial charge < -0.3 is 0 Å². The Morgan fingerprint density at radius 3 is 2.69 bits per heavy atom. The molecule has 2 heterocycles. The van der Waals surface area contributed by atoms with Gasteiger partial charge in [-0.15, -0.1) is 11.8 Å². The first kappa shape index (κ1) is 22.8. The highest BCUT2D eigenvalue weighted by molar-refractivity contribution is 7.99. The lowest BCUT2D eigenvalue weighted by Gasteiger charge is -2.19. The van der Waals surface area contributed by atoms with Gasteiger partial charge in [-0.2, -0.15) is 0 Å². The second-order valence-electron chi connectivity index (χ2n) is 7.63.